The van der Waals surface area contributed by atoms with Gasteiger partial charge < -0.3 is 14.4 Å². The third-order valence-corrected chi connectivity index (χ3v) is 5.31. The highest BCUT2D eigenvalue weighted by molar-refractivity contribution is 7.55. The van der Waals surface area contributed by atoms with Gasteiger partial charge in [-0.3, -0.25) is 9.36 Å². The molecule has 0 bridgehead atoms. The van der Waals surface area contributed by atoms with Gasteiger partial charge in [0, 0.05) is 0 Å². The monoisotopic (exact) mass is 373 g/mol. The zero-order valence-corrected chi connectivity index (χ0v) is 13.7. The summed E-state index contributed by atoms with van der Waals surface area (Å²) in [6.45, 7) is 4.36. The molecule has 0 saturated heterocycles. The fourth-order valence-corrected chi connectivity index (χ4v) is 3.27. The maximum atomic E-state index is 12.5. The van der Waals surface area contributed by atoms with Crippen LogP contribution in [0.3, 0.4) is 0 Å². The summed E-state index contributed by atoms with van der Waals surface area (Å²) in [6, 6.07) is 0. The van der Waals surface area contributed by atoms with Crippen LogP contribution in [-0.2, 0) is 18.4 Å². The number of nitrogens with one attached hydrogen (secondary N) is 1. The average Bonchev–Trinajstić information content (AvgIpc) is 2.23. The van der Waals surface area contributed by atoms with Crippen molar-refractivity contribution in [3.05, 3.63) is 0 Å². The van der Waals surface area contributed by atoms with Crippen LogP contribution in [0.5, 0.6) is 0 Å². The molecule has 0 spiro atoms. The first kappa shape index (κ1) is 22.2. The highest BCUT2D eigenvalue weighted by Crippen LogP contribution is 2.58. The second-order valence-corrected chi connectivity index (χ2v) is 7.53. The van der Waals surface area contributed by atoms with Crippen LogP contribution in [0.25, 0.3) is 0 Å². The molecule has 0 rings (SSSR count). The van der Waals surface area contributed by atoms with Gasteiger partial charge in [0.15, 0.2) is 0 Å². The van der Waals surface area contributed by atoms with Gasteiger partial charge in [-0.25, -0.2) is 0 Å². The van der Waals surface area contributed by atoms with Crippen molar-refractivity contribution in [1.82, 2.24) is 5.32 Å². The molecule has 23 heavy (non-hydrogen) atoms. The number of hydrogen-bond acceptors (Lipinski definition) is 4. The Labute approximate surface area is 129 Å². The number of rotatable bonds is 7. The van der Waals surface area contributed by atoms with Crippen LogP contribution in [0.1, 0.15) is 27.7 Å². The maximum absolute atomic E-state index is 12.5. The molecule has 0 aromatic rings. The third-order valence-electron chi connectivity index (χ3n) is 2.63. The Bertz CT molecular complexity index is 438. The molecule has 0 radical (unpaired) electrons. The smallest absolute Gasteiger partial charge is 0.339 e. The molecule has 0 saturated carbocycles. The van der Waals surface area contributed by atoms with Gasteiger partial charge in [-0.05, 0) is 27.7 Å². The van der Waals surface area contributed by atoms with Crippen LogP contribution < -0.4 is 5.32 Å². The molecule has 0 aliphatic heterocycles. The highest BCUT2D eigenvalue weighted by atomic mass is 31.2. The number of carbonyl (C=O) groups is 1. The minimum absolute atomic E-state index is 0.182. The van der Waals surface area contributed by atoms with Crippen LogP contribution in [-0.4, -0.2) is 36.8 Å². The molecule has 0 aromatic carbocycles. The quantitative estimate of drug-likeness (QED) is 0.544. The van der Waals surface area contributed by atoms with Gasteiger partial charge in [0.2, 0.25) is 11.8 Å². The minimum Gasteiger partial charge on any atom is -0.339 e. The van der Waals surface area contributed by atoms with Gasteiger partial charge in [0.1, 0.15) is 5.28 Å². The Hall–Kier alpha value is -0.800. The first-order valence-electron chi connectivity index (χ1n) is 6.47. The molecule has 138 valence electrons. The summed E-state index contributed by atoms with van der Waals surface area (Å²) in [7, 11) is -4.19. The molecular formula is C11H18F6NO4P. The summed E-state index contributed by atoms with van der Waals surface area (Å²) < 4.78 is 97.3. The highest BCUT2D eigenvalue weighted by Gasteiger charge is 2.62. The lowest BCUT2D eigenvalue weighted by molar-refractivity contribution is -0.274. The summed E-state index contributed by atoms with van der Waals surface area (Å²) in [6.07, 6.45) is -11.7. The second-order valence-electron chi connectivity index (χ2n) is 4.90. The van der Waals surface area contributed by atoms with E-state index in [-0.39, 0.29) is 13.2 Å². The SMILES string of the molecule is CCOP(=O)(OCC)C(C)(C)NC(=O)C(C(F)(F)F)C(F)(F)F. The van der Waals surface area contributed by atoms with E-state index in [1.165, 1.54) is 19.2 Å². The van der Waals surface area contributed by atoms with E-state index in [1.807, 2.05) is 0 Å². The summed E-state index contributed by atoms with van der Waals surface area (Å²) in [5, 5.41) is -0.605. The number of alkyl halides is 6. The standard InChI is InChI=1S/C11H18F6NO4P/c1-5-21-23(20,22-6-2)9(3,4)18-8(19)7(10(12,13)14)11(15,16)17/h7H,5-6H2,1-4H3,(H,18,19). The average molecular weight is 373 g/mol. The number of carbonyl (C=O) groups excluding carboxylic acids is 1. The zero-order chi connectivity index (χ0) is 18.7. The van der Waals surface area contributed by atoms with Crippen molar-refractivity contribution in [1.29, 1.82) is 0 Å². The van der Waals surface area contributed by atoms with Crippen LogP contribution in [0.2, 0.25) is 0 Å². The van der Waals surface area contributed by atoms with E-state index in [9.17, 15) is 35.7 Å². The molecule has 5 nitrogen and oxygen atoms in total. The van der Waals surface area contributed by atoms with E-state index in [4.69, 9.17) is 9.05 Å². The Morgan fingerprint density at radius 2 is 1.35 bits per heavy atom. The summed E-state index contributed by atoms with van der Waals surface area (Å²) in [5.74, 6) is -6.62. The van der Waals surface area contributed by atoms with Gasteiger partial charge in [0.05, 0.1) is 13.2 Å². The third kappa shape index (κ3) is 5.65. The molecular weight excluding hydrogens is 355 g/mol. The van der Waals surface area contributed by atoms with Gasteiger partial charge in [-0.2, -0.15) is 26.3 Å². The number of halogens is 6. The van der Waals surface area contributed by atoms with Crippen molar-refractivity contribution in [2.75, 3.05) is 13.2 Å². The normalized spacial score (nSPS) is 14.2. The lowest BCUT2D eigenvalue weighted by atomic mass is 10.1. The predicted octanol–water partition coefficient (Wildman–Crippen LogP) is 3.85. The molecule has 12 heteroatoms. The molecule has 0 aliphatic rings. The molecule has 0 fully saturated rings. The predicted molar refractivity (Wildman–Crippen MR) is 68.7 cm³/mol. The van der Waals surface area contributed by atoms with E-state index >= 15 is 0 Å². The first-order chi connectivity index (χ1) is 10.1. The fourth-order valence-electron chi connectivity index (χ4n) is 1.62. The number of amides is 1. The molecule has 0 heterocycles. The van der Waals surface area contributed by atoms with Crippen molar-refractivity contribution in [2.24, 2.45) is 5.92 Å². The summed E-state index contributed by atoms with van der Waals surface area (Å²) >= 11 is 0. The Morgan fingerprint density at radius 3 is 1.61 bits per heavy atom. The lowest BCUT2D eigenvalue weighted by Crippen LogP contribution is -2.54. The summed E-state index contributed by atoms with van der Waals surface area (Å²) in [4.78, 5) is 11.5. The Balaban J connectivity index is 5.57. The van der Waals surface area contributed by atoms with E-state index in [1.54, 1.807) is 0 Å². The van der Waals surface area contributed by atoms with Gasteiger partial charge in [-0.15, -0.1) is 0 Å². The molecule has 0 unspecified atom stereocenters. The van der Waals surface area contributed by atoms with Gasteiger partial charge in [-0.1, -0.05) is 0 Å². The van der Waals surface area contributed by atoms with E-state index in [0.717, 1.165) is 13.8 Å². The van der Waals surface area contributed by atoms with Crippen molar-refractivity contribution in [2.45, 2.75) is 45.3 Å². The summed E-state index contributed by atoms with van der Waals surface area (Å²) in [5.41, 5.74) is 0. The maximum Gasteiger partial charge on any atom is 0.409 e. The van der Waals surface area contributed by atoms with Crippen LogP contribution in [0.4, 0.5) is 26.3 Å². The van der Waals surface area contributed by atoms with Gasteiger partial charge in [0.25, 0.3) is 0 Å². The Kier molecular flexibility index (Phi) is 7.14. The van der Waals surface area contributed by atoms with Crippen LogP contribution >= 0.6 is 7.60 Å². The van der Waals surface area contributed by atoms with Crippen LogP contribution in [0.15, 0.2) is 0 Å². The number of hydrogen-bond donors (Lipinski definition) is 1. The Morgan fingerprint density at radius 1 is 1.00 bits per heavy atom. The van der Waals surface area contributed by atoms with Crippen molar-refractivity contribution < 1.29 is 44.7 Å². The molecule has 1 amide bonds. The van der Waals surface area contributed by atoms with Gasteiger partial charge >= 0.3 is 19.9 Å². The second kappa shape index (κ2) is 7.40. The largest absolute Gasteiger partial charge is 0.409 e. The molecule has 0 atom stereocenters. The molecule has 0 aromatic heterocycles. The topological polar surface area (TPSA) is 64.6 Å². The first-order valence-corrected chi connectivity index (χ1v) is 8.01. The zero-order valence-electron chi connectivity index (χ0n) is 12.8. The van der Waals surface area contributed by atoms with E-state index in [0.29, 0.717) is 0 Å². The van der Waals surface area contributed by atoms with Crippen molar-refractivity contribution in [3.8, 4) is 0 Å². The van der Waals surface area contributed by atoms with Crippen LogP contribution in [0, 0.1) is 5.92 Å². The molecule has 1 N–H and O–H groups in total. The minimum atomic E-state index is -5.85. The van der Waals surface area contributed by atoms with E-state index < -0.39 is 37.1 Å². The lowest BCUT2D eigenvalue weighted by Gasteiger charge is -2.35. The fraction of sp³-hybridized carbons (Fsp3) is 0.909. The van der Waals surface area contributed by atoms with E-state index in [2.05, 4.69) is 0 Å². The van der Waals surface area contributed by atoms with Crippen molar-refractivity contribution >= 4 is 13.5 Å². The van der Waals surface area contributed by atoms with Crippen molar-refractivity contribution in [3.63, 3.8) is 0 Å². The molecule has 0 aliphatic carbocycles.